The van der Waals surface area contributed by atoms with Gasteiger partial charge in [-0.3, -0.25) is 9.59 Å². The van der Waals surface area contributed by atoms with Crippen molar-refractivity contribution < 1.29 is 9.59 Å². The smallest absolute Gasteiger partial charge is 0.232 e. The molecule has 5 heteroatoms. The first kappa shape index (κ1) is 16.3. The van der Waals surface area contributed by atoms with E-state index < -0.39 is 0 Å². The molecule has 1 heterocycles. The van der Waals surface area contributed by atoms with Gasteiger partial charge in [0.15, 0.2) is 0 Å². The number of thioether (sulfide) groups is 1. The first-order valence-electron chi connectivity index (χ1n) is 6.83. The molecule has 1 rings (SSSR count). The van der Waals surface area contributed by atoms with Crippen molar-refractivity contribution in [3.05, 3.63) is 0 Å². The zero-order chi connectivity index (χ0) is 14.6. The van der Waals surface area contributed by atoms with Crippen LogP contribution in [0.2, 0.25) is 0 Å². The minimum atomic E-state index is -0.0210. The molecule has 0 unspecified atom stereocenters. The van der Waals surface area contributed by atoms with Crippen molar-refractivity contribution in [1.82, 2.24) is 9.80 Å². The number of carbonyl (C=O) groups is 2. The lowest BCUT2D eigenvalue weighted by Gasteiger charge is -2.33. The molecule has 0 aromatic rings. The molecule has 110 valence electrons. The van der Waals surface area contributed by atoms with E-state index in [1.165, 1.54) is 0 Å². The molecule has 2 amide bonds. The standard InChI is InChI=1S/C14H26N2O2S/c1-14(2,3)19-10-12(17)16-8-6-7-11(9-16)13(18)15(4)5/h11H,6-10H2,1-5H3/t11-/m0/s1. The predicted octanol–water partition coefficient (Wildman–Crippen LogP) is 1.84. The summed E-state index contributed by atoms with van der Waals surface area (Å²) in [4.78, 5) is 27.6. The second-order valence-electron chi connectivity index (χ2n) is 6.31. The molecule has 19 heavy (non-hydrogen) atoms. The van der Waals surface area contributed by atoms with Crippen LogP contribution in [0.25, 0.3) is 0 Å². The number of likely N-dealkylation sites (tertiary alicyclic amines) is 1. The van der Waals surface area contributed by atoms with E-state index in [0.29, 0.717) is 12.3 Å². The average molecular weight is 286 g/mol. The highest BCUT2D eigenvalue weighted by atomic mass is 32.2. The van der Waals surface area contributed by atoms with Crippen LogP contribution in [0.15, 0.2) is 0 Å². The van der Waals surface area contributed by atoms with Crippen LogP contribution in [0.1, 0.15) is 33.6 Å². The fraction of sp³-hybridized carbons (Fsp3) is 0.857. The lowest BCUT2D eigenvalue weighted by Crippen LogP contribution is -2.46. The Morgan fingerprint density at radius 1 is 1.32 bits per heavy atom. The predicted molar refractivity (Wildman–Crippen MR) is 80.2 cm³/mol. The zero-order valence-electron chi connectivity index (χ0n) is 12.7. The highest BCUT2D eigenvalue weighted by molar-refractivity contribution is 8.01. The normalized spacial score (nSPS) is 20.3. The number of amides is 2. The van der Waals surface area contributed by atoms with E-state index in [0.717, 1.165) is 19.4 Å². The molecule has 0 spiro atoms. The van der Waals surface area contributed by atoms with Crippen LogP contribution < -0.4 is 0 Å². The van der Waals surface area contributed by atoms with Gasteiger partial charge in [-0.1, -0.05) is 20.8 Å². The van der Waals surface area contributed by atoms with E-state index >= 15 is 0 Å². The first-order valence-corrected chi connectivity index (χ1v) is 7.82. The third-order valence-corrected chi connectivity index (χ3v) is 4.45. The van der Waals surface area contributed by atoms with E-state index in [4.69, 9.17) is 0 Å². The number of piperidine rings is 1. The van der Waals surface area contributed by atoms with Crippen LogP contribution >= 0.6 is 11.8 Å². The molecule has 1 atom stereocenters. The van der Waals surface area contributed by atoms with Gasteiger partial charge in [-0.25, -0.2) is 0 Å². The SMILES string of the molecule is CN(C)C(=O)[C@H]1CCCN(C(=O)CSC(C)(C)C)C1. The highest BCUT2D eigenvalue weighted by Gasteiger charge is 2.29. The van der Waals surface area contributed by atoms with E-state index in [1.807, 2.05) is 4.90 Å². The number of nitrogens with zero attached hydrogens (tertiary/aromatic N) is 2. The summed E-state index contributed by atoms with van der Waals surface area (Å²) in [6.07, 6.45) is 1.82. The minimum Gasteiger partial charge on any atom is -0.349 e. The topological polar surface area (TPSA) is 40.6 Å². The highest BCUT2D eigenvalue weighted by Crippen LogP contribution is 2.25. The summed E-state index contributed by atoms with van der Waals surface area (Å²) in [5.74, 6) is 0.788. The van der Waals surface area contributed by atoms with Crippen molar-refractivity contribution in [2.45, 2.75) is 38.4 Å². The Balaban J connectivity index is 2.50. The quantitative estimate of drug-likeness (QED) is 0.795. The Kier molecular flexibility index (Phi) is 5.71. The van der Waals surface area contributed by atoms with Crippen molar-refractivity contribution in [3.8, 4) is 0 Å². The van der Waals surface area contributed by atoms with Gasteiger partial charge in [0.25, 0.3) is 0 Å². The molecule has 0 saturated carbocycles. The molecule has 0 bridgehead atoms. The van der Waals surface area contributed by atoms with Crippen molar-refractivity contribution in [2.75, 3.05) is 32.9 Å². The van der Waals surface area contributed by atoms with E-state index in [1.54, 1.807) is 30.8 Å². The fourth-order valence-corrected chi connectivity index (χ4v) is 2.88. The van der Waals surface area contributed by atoms with Crippen molar-refractivity contribution in [1.29, 1.82) is 0 Å². The van der Waals surface area contributed by atoms with Gasteiger partial charge in [-0.05, 0) is 12.8 Å². The van der Waals surface area contributed by atoms with Gasteiger partial charge in [0.1, 0.15) is 0 Å². The summed E-state index contributed by atoms with van der Waals surface area (Å²) in [5.41, 5.74) is 0. The molecule has 0 aliphatic carbocycles. The molecule has 0 aromatic heterocycles. The van der Waals surface area contributed by atoms with Crippen LogP contribution in [-0.2, 0) is 9.59 Å². The van der Waals surface area contributed by atoms with Crippen LogP contribution in [0, 0.1) is 5.92 Å². The summed E-state index contributed by atoms with van der Waals surface area (Å²) >= 11 is 1.66. The molecule has 0 N–H and O–H groups in total. The third kappa shape index (κ3) is 5.43. The van der Waals surface area contributed by atoms with Crippen LogP contribution in [0.4, 0.5) is 0 Å². The van der Waals surface area contributed by atoms with Gasteiger partial charge in [0.05, 0.1) is 11.7 Å². The van der Waals surface area contributed by atoms with E-state index in [9.17, 15) is 9.59 Å². The van der Waals surface area contributed by atoms with E-state index in [-0.39, 0.29) is 22.5 Å². The summed E-state index contributed by atoms with van der Waals surface area (Å²) in [7, 11) is 3.55. The fourth-order valence-electron chi connectivity index (χ4n) is 2.14. The zero-order valence-corrected chi connectivity index (χ0v) is 13.5. The molecule has 1 aliphatic rings. The lowest BCUT2D eigenvalue weighted by molar-refractivity contribution is -0.138. The maximum atomic E-state index is 12.2. The minimum absolute atomic E-state index is 0.0210. The average Bonchev–Trinajstić information content (AvgIpc) is 2.34. The Bertz CT molecular complexity index is 337. The molecule has 1 fully saturated rings. The van der Waals surface area contributed by atoms with Crippen LogP contribution in [-0.4, -0.2) is 59.3 Å². The Morgan fingerprint density at radius 3 is 2.47 bits per heavy atom. The van der Waals surface area contributed by atoms with Gasteiger partial charge in [0.2, 0.25) is 11.8 Å². The van der Waals surface area contributed by atoms with Crippen molar-refractivity contribution >= 4 is 23.6 Å². The first-order chi connectivity index (χ1) is 8.70. The molecule has 0 radical (unpaired) electrons. The third-order valence-electron chi connectivity index (χ3n) is 3.19. The van der Waals surface area contributed by atoms with Crippen LogP contribution in [0.5, 0.6) is 0 Å². The molecule has 0 aromatic carbocycles. The van der Waals surface area contributed by atoms with E-state index in [2.05, 4.69) is 20.8 Å². The van der Waals surface area contributed by atoms with Gasteiger partial charge in [-0.2, -0.15) is 0 Å². The van der Waals surface area contributed by atoms with Gasteiger partial charge >= 0.3 is 0 Å². The second kappa shape index (κ2) is 6.64. The van der Waals surface area contributed by atoms with Gasteiger partial charge in [0, 0.05) is 31.9 Å². The van der Waals surface area contributed by atoms with Crippen molar-refractivity contribution in [3.63, 3.8) is 0 Å². The number of rotatable bonds is 3. The molecule has 1 aliphatic heterocycles. The molecular weight excluding hydrogens is 260 g/mol. The van der Waals surface area contributed by atoms with Gasteiger partial charge in [-0.15, -0.1) is 11.8 Å². The number of hydrogen-bond donors (Lipinski definition) is 0. The Labute approximate surface area is 120 Å². The maximum absolute atomic E-state index is 12.2. The monoisotopic (exact) mass is 286 g/mol. The second-order valence-corrected chi connectivity index (χ2v) is 8.11. The molecular formula is C14H26N2O2S. The van der Waals surface area contributed by atoms with Crippen LogP contribution in [0.3, 0.4) is 0 Å². The van der Waals surface area contributed by atoms with Gasteiger partial charge < -0.3 is 9.80 Å². The Morgan fingerprint density at radius 2 is 1.95 bits per heavy atom. The summed E-state index contributed by atoms with van der Waals surface area (Å²) in [5, 5.41) is 0. The molecule has 4 nitrogen and oxygen atoms in total. The summed E-state index contributed by atoms with van der Waals surface area (Å²) < 4.78 is 0.101. The summed E-state index contributed by atoms with van der Waals surface area (Å²) in [6, 6.07) is 0. The molecule has 1 saturated heterocycles. The largest absolute Gasteiger partial charge is 0.349 e. The Hall–Kier alpha value is -0.710. The lowest BCUT2D eigenvalue weighted by atomic mass is 9.97. The number of hydrogen-bond acceptors (Lipinski definition) is 3. The summed E-state index contributed by atoms with van der Waals surface area (Å²) in [6.45, 7) is 7.71. The van der Waals surface area contributed by atoms with Crippen molar-refractivity contribution in [2.24, 2.45) is 5.92 Å². The maximum Gasteiger partial charge on any atom is 0.232 e. The number of carbonyl (C=O) groups excluding carboxylic acids is 2.